The van der Waals surface area contributed by atoms with Gasteiger partial charge in [-0.2, -0.15) is 0 Å². The molecule has 0 aliphatic carbocycles. The van der Waals surface area contributed by atoms with Crippen LogP contribution in [0.5, 0.6) is 5.75 Å². The van der Waals surface area contributed by atoms with Crippen LogP contribution in [0.3, 0.4) is 0 Å². The maximum Gasteiger partial charge on any atom is 0.327 e. The second-order valence-electron chi connectivity index (χ2n) is 5.94. The molecule has 0 amide bonds. The topological polar surface area (TPSA) is 72.9 Å². The van der Waals surface area contributed by atoms with Gasteiger partial charge in [0.1, 0.15) is 12.3 Å². The lowest BCUT2D eigenvalue weighted by Crippen LogP contribution is -2.37. The van der Waals surface area contributed by atoms with Crippen molar-refractivity contribution in [2.45, 2.75) is 24.8 Å². The summed E-state index contributed by atoms with van der Waals surface area (Å²) in [6.45, 7) is 2.74. The number of sulfonamides is 1. The monoisotopic (exact) mass is 465 g/mol. The van der Waals surface area contributed by atoms with E-state index in [4.69, 9.17) is 44.3 Å². The van der Waals surface area contributed by atoms with Crippen LogP contribution in [0.15, 0.2) is 41.3 Å². The van der Waals surface area contributed by atoms with Crippen molar-refractivity contribution in [2.24, 2.45) is 0 Å². The largest absolute Gasteiger partial charge is 0.495 e. The summed E-state index contributed by atoms with van der Waals surface area (Å²) in [5.74, 6) is -0.522. The van der Waals surface area contributed by atoms with Crippen molar-refractivity contribution < 1.29 is 22.7 Å². The Morgan fingerprint density at radius 2 is 1.75 bits per heavy atom. The van der Waals surface area contributed by atoms with E-state index in [1.54, 1.807) is 19.9 Å². The molecule has 0 saturated carbocycles. The number of halogens is 3. The van der Waals surface area contributed by atoms with Crippen LogP contribution in [0.4, 0.5) is 5.69 Å². The molecule has 0 N–H and O–H groups in total. The van der Waals surface area contributed by atoms with Crippen molar-refractivity contribution >= 4 is 56.5 Å². The minimum atomic E-state index is -4.22. The average molecular weight is 467 g/mol. The second-order valence-corrected chi connectivity index (χ2v) is 9.06. The van der Waals surface area contributed by atoms with E-state index in [9.17, 15) is 13.2 Å². The molecule has 6 nitrogen and oxygen atoms in total. The molecule has 2 rings (SSSR count). The first-order valence-corrected chi connectivity index (χ1v) is 10.6. The number of methoxy groups -OCH3 is 1. The van der Waals surface area contributed by atoms with Gasteiger partial charge in [-0.1, -0.05) is 34.8 Å². The van der Waals surface area contributed by atoms with Gasteiger partial charge in [0, 0.05) is 5.02 Å². The Morgan fingerprint density at radius 1 is 1.07 bits per heavy atom. The number of hydrogen-bond acceptors (Lipinski definition) is 5. The maximum atomic E-state index is 13.3. The standard InChI is InChI=1S/C18H18Cl3NO5S/c1-11(2)27-18(23)10-22(16-8-12(19)4-7-17(16)26-3)28(24,25)13-5-6-14(20)15(21)9-13/h4-9,11H,10H2,1-3H3. The molecule has 0 aliphatic rings. The van der Waals surface area contributed by atoms with Crippen molar-refractivity contribution in [3.05, 3.63) is 51.5 Å². The zero-order valence-corrected chi connectivity index (χ0v) is 18.4. The van der Waals surface area contributed by atoms with Gasteiger partial charge >= 0.3 is 5.97 Å². The maximum absolute atomic E-state index is 13.3. The van der Waals surface area contributed by atoms with Crippen LogP contribution in [-0.4, -0.2) is 34.1 Å². The van der Waals surface area contributed by atoms with Crippen LogP contribution in [0.2, 0.25) is 15.1 Å². The summed E-state index contributed by atoms with van der Waals surface area (Å²) in [4.78, 5) is 12.1. The number of ether oxygens (including phenoxy) is 2. The molecule has 2 aromatic carbocycles. The smallest absolute Gasteiger partial charge is 0.327 e. The summed E-state index contributed by atoms with van der Waals surface area (Å²) in [6.07, 6.45) is -0.414. The predicted octanol–water partition coefficient (Wildman–Crippen LogP) is 4.80. The molecular weight excluding hydrogens is 449 g/mol. The van der Waals surface area contributed by atoms with E-state index in [0.29, 0.717) is 0 Å². The van der Waals surface area contributed by atoms with Gasteiger partial charge in [0.05, 0.1) is 33.8 Å². The van der Waals surface area contributed by atoms with E-state index in [1.807, 2.05) is 0 Å². The lowest BCUT2D eigenvalue weighted by atomic mass is 10.3. The molecular formula is C18H18Cl3NO5S. The van der Waals surface area contributed by atoms with Gasteiger partial charge < -0.3 is 9.47 Å². The highest BCUT2D eigenvalue weighted by molar-refractivity contribution is 7.92. The minimum absolute atomic E-state index is 0.0607. The quantitative estimate of drug-likeness (QED) is 0.548. The number of benzene rings is 2. The zero-order chi connectivity index (χ0) is 21.1. The van der Waals surface area contributed by atoms with Crippen LogP contribution in [0.25, 0.3) is 0 Å². The fraction of sp³-hybridized carbons (Fsp3) is 0.278. The molecule has 0 aromatic heterocycles. The van der Waals surface area contributed by atoms with Crippen molar-refractivity contribution in [1.29, 1.82) is 0 Å². The van der Waals surface area contributed by atoms with Crippen LogP contribution >= 0.6 is 34.8 Å². The molecule has 0 atom stereocenters. The summed E-state index contributed by atoms with van der Waals surface area (Å²) in [5, 5.41) is 0.527. The van der Waals surface area contributed by atoms with E-state index < -0.39 is 28.6 Å². The van der Waals surface area contributed by atoms with Crippen LogP contribution in [-0.2, 0) is 19.6 Å². The Bertz CT molecular complexity index is 979. The molecule has 152 valence electrons. The van der Waals surface area contributed by atoms with Gasteiger partial charge in [0.2, 0.25) is 0 Å². The Labute approximate surface area is 178 Å². The molecule has 0 aliphatic heterocycles. The number of carbonyl (C=O) groups excluding carboxylic acids is 1. The Kier molecular flexibility index (Phi) is 7.45. The number of nitrogens with zero attached hydrogens (tertiary/aromatic N) is 1. The summed E-state index contributed by atoms with van der Waals surface area (Å²) in [7, 11) is -2.84. The minimum Gasteiger partial charge on any atom is -0.495 e. The number of carbonyl (C=O) groups is 1. The van der Waals surface area contributed by atoms with Gasteiger partial charge in [-0.25, -0.2) is 8.42 Å². The molecule has 0 saturated heterocycles. The first kappa shape index (κ1) is 22.6. The molecule has 10 heteroatoms. The molecule has 0 unspecified atom stereocenters. The molecule has 0 spiro atoms. The van der Waals surface area contributed by atoms with Crippen LogP contribution in [0, 0.1) is 0 Å². The summed E-state index contributed by atoms with van der Waals surface area (Å²) < 4.78 is 37.9. The molecule has 0 heterocycles. The summed E-state index contributed by atoms with van der Waals surface area (Å²) in [5.41, 5.74) is 0.0850. The number of anilines is 1. The summed E-state index contributed by atoms with van der Waals surface area (Å²) in [6, 6.07) is 8.29. The first-order chi connectivity index (χ1) is 13.1. The van der Waals surface area contributed by atoms with E-state index in [-0.39, 0.29) is 31.4 Å². The number of hydrogen-bond donors (Lipinski definition) is 0. The number of esters is 1. The van der Waals surface area contributed by atoms with Gasteiger partial charge in [0.15, 0.2) is 0 Å². The summed E-state index contributed by atoms with van der Waals surface area (Å²) >= 11 is 17.9. The molecule has 2 aromatic rings. The lowest BCUT2D eigenvalue weighted by molar-refractivity contribution is -0.145. The van der Waals surface area contributed by atoms with Crippen molar-refractivity contribution in [2.75, 3.05) is 18.0 Å². The van der Waals surface area contributed by atoms with E-state index in [2.05, 4.69) is 0 Å². The lowest BCUT2D eigenvalue weighted by Gasteiger charge is -2.26. The molecule has 0 bridgehead atoms. The van der Waals surface area contributed by atoms with E-state index in [1.165, 1.54) is 37.4 Å². The predicted molar refractivity (Wildman–Crippen MR) is 110 cm³/mol. The number of rotatable bonds is 7. The van der Waals surface area contributed by atoms with Gasteiger partial charge in [0.25, 0.3) is 10.0 Å². The Balaban J connectivity index is 2.62. The van der Waals surface area contributed by atoms with Crippen LogP contribution < -0.4 is 9.04 Å². The molecule has 0 fully saturated rings. The zero-order valence-electron chi connectivity index (χ0n) is 15.3. The van der Waals surface area contributed by atoms with Gasteiger partial charge in [-0.15, -0.1) is 0 Å². The molecule has 0 radical (unpaired) electrons. The third kappa shape index (κ3) is 5.23. The highest BCUT2D eigenvalue weighted by Gasteiger charge is 2.31. The van der Waals surface area contributed by atoms with E-state index >= 15 is 0 Å². The fourth-order valence-electron chi connectivity index (χ4n) is 2.34. The average Bonchev–Trinajstić information content (AvgIpc) is 2.61. The second kappa shape index (κ2) is 9.22. The van der Waals surface area contributed by atoms with Gasteiger partial charge in [-0.3, -0.25) is 9.10 Å². The normalized spacial score (nSPS) is 11.4. The van der Waals surface area contributed by atoms with Crippen molar-refractivity contribution in [3.63, 3.8) is 0 Å². The fourth-order valence-corrected chi connectivity index (χ4v) is 4.31. The highest BCUT2D eigenvalue weighted by Crippen LogP contribution is 2.36. The Morgan fingerprint density at radius 3 is 2.32 bits per heavy atom. The van der Waals surface area contributed by atoms with Gasteiger partial charge in [-0.05, 0) is 50.2 Å². The molecule has 28 heavy (non-hydrogen) atoms. The van der Waals surface area contributed by atoms with Crippen molar-refractivity contribution in [1.82, 2.24) is 0 Å². The first-order valence-electron chi connectivity index (χ1n) is 8.07. The SMILES string of the molecule is COc1ccc(Cl)cc1N(CC(=O)OC(C)C)S(=O)(=O)c1ccc(Cl)c(Cl)c1. The van der Waals surface area contributed by atoms with E-state index in [0.717, 1.165) is 4.31 Å². The third-order valence-corrected chi connectivity index (χ3v) is 6.26. The third-order valence-electron chi connectivity index (χ3n) is 3.53. The highest BCUT2D eigenvalue weighted by atomic mass is 35.5. The van der Waals surface area contributed by atoms with Crippen molar-refractivity contribution in [3.8, 4) is 5.75 Å². The van der Waals surface area contributed by atoms with Crippen LogP contribution in [0.1, 0.15) is 13.8 Å². The Hall–Kier alpha value is -1.67.